The zero-order chi connectivity index (χ0) is 29.7. The summed E-state index contributed by atoms with van der Waals surface area (Å²) < 4.78 is 5.38. The van der Waals surface area contributed by atoms with E-state index < -0.39 is 0 Å². The molecule has 0 aromatic heterocycles. The molecule has 40 heavy (non-hydrogen) atoms. The first-order valence-corrected chi connectivity index (χ1v) is 14.9. The number of amides is 1. The minimum absolute atomic E-state index is 0.0220. The van der Waals surface area contributed by atoms with Gasteiger partial charge in [-0.05, 0) is 86.5 Å². The number of fused-ring (bicyclic) bond motifs is 2. The van der Waals surface area contributed by atoms with Crippen LogP contribution in [0.5, 0.6) is 0 Å². The summed E-state index contributed by atoms with van der Waals surface area (Å²) >= 11 is 0. The van der Waals surface area contributed by atoms with Gasteiger partial charge in [0.15, 0.2) is 5.96 Å². The van der Waals surface area contributed by atoms with E-state index in [-0.39, 0.29) is 17.4 Å². The van der Waals surface area contributed by atoms with Gasteiger partial charge in [0, 0.05) is 7.11 Å². The van der Waals surface area contributed by atoms with E-state index in [1.165, 1.54) is 49.3 Å². The van der Waals surface area contributed by atoms with E-state index in [1.54, 1.807) is 18.2 Å². The maximum atomic E-state index is 11.1. The average Bonchev–Trinajstić information content (AvgIpc) is 3.49. The molecule has 0 saturated carbocycles. The Balaban J connectivity index is 0.000000200. The third-order valence-corrected chi connectivity index (χ3v) is 8.32. The van der Waals surface area contributed by atoms with Crippen molar-refractivity contribution in [3.05, 3.63) is 70.3 Å². The van der Waals surface area contributed by atoms with Crippen molar-refractivity contribution >= 4 is 18.2 Å². The van der Waals surface area contributed by atoms with Crippen LogP contribution in [0, 0.1) is 12.8 Å². The third-order valence-electron chi connectivity index (χ3n) is 8.32. The molecule has 1 heterocycles. The van der Waals surface area contributed by atoms with E-state index in [9.17, 15) is 4.79 Å². The number of aryl methyl sites for hydroxylation is 2. The Hall–Kier alpha value is -2.99. The number of benzene rings is 2. The summed E-state index contributed by atoms with van der Waals surface area (Å²) in [5.74, 6) is 1.93. The van der Waals surface area contributed by atoms with Crippen molar-refractivity contribution in [3.63, 3.8) is 0 Å². The van der Waals surface area contributed by atoms with Gasteiger partial charge in [-0.25, -0.2) is 4.99 Å². The minimum Gasteiger partial charge on any atom is -0.377 e. The molecule has 0 radical (unpaired) electrons. The molecular weight excluding hydrogens is 498 g/mol. The molecule has 0 bridgehead atoms. The molecular formula is C34H51N3O3. The maximum Gasteiger partial charge on any atom is 0.229 e. The fourth-order valence-corrected chi connectivity index (χ4v) is 6.05. The van der Waals surface area contributed by atoms with Crippen LogP contribution >= 0.6 is 0 Å². The number of guanidine groups is 1. The van der Waals surface area contributed by atoms with E-state index in [1.807, 2.05) is 13.8 Å². The fourth-order valence-electron chi connectivity index (χ4n) is 6.05. The molecule has 220 valence electrons. The molecule has 2 aromatic carbocycles. The lowest BCUT2D eigenvalue weighted by Gasteiger charge is -2.30. The van der Waals surface area contributed by atoms with Crippen LogP contribution in [-0.2, 0) is 27.2 Å². The van der Waals surface area contributed by atoms with Gasteiger partial charge in [-0.1, -0.05) is 82.1 Å². The van der Waals surface area contributed by atoms with Gasteiger partial charge in [0.1, 0.15) is 6.29 Å². The number of aldehydes is 1. The number of methoxy groups -OCH3 is 1. The number of nitrogens with one attached hydrogen (secondary N) is 1. The summed E-state index contributed by atoms with van der Waals surface area (Å²) in [6, 6.07) is 15.6. The molecule has 3 N–H and O–H groups in total. The molecule has 1 aliphatic heterocycles. The quantitative estimate of drug-likeness (QED) is 0.394. The second-order valence-electron chi connectivity index (χ2n) is 11.1. The van der Waals surface area contributed by atoms with Crippen molar-refractivity contribution in [2.45, 2.75) is 110 Å². The van der Waals surface area contributed by atoms with Crippen molar-refractivity contribution in [2.75, 3.05) is 7.11 Å². The Morgan fingerprint density at radius 1 is 1.10 bits per heavy atom. The summed E-state index contributed by atoms with van der Waals surface area (Å²) in [4.78, 5) is 24.2. The molecule has 0 spiro atoms. The molecule has 0 fully saturated rings. The van der Waals surface area contributed by atoms with Crippen LogP contribution < -0.4 is 11.1 Å². The number of aliphatic imine (C=N–C) groups is 1. The van der Waals surface area contributed by atoms with E-state index in [4.69, 9.17) is 15.3 Å². The SMILES string of the molecule is CC=O.CCC1(CC)CC(=O)NC(N)=N1.CCCC1c2ccccc2CC1C.COC1CCc2cc(C)ccc21. The molecule has 5 rings (SSSR count). The number of carbonyl (C=O) groups excluding carboxylic acids is 2. The number of carbonyl (C=O) groups is 2. The summed E-state index contributed by atoms with van der Waals surface area (Å²) in [7, 11) is 1.79. The number of ether oxygens (including phenoxy) is 1. The van der Waals surface area contributed by atoms with Crippen LogP contribution in [0.15, 0.2) is 47.5 Å². The van der Waals surface area contributed by atoms with Gasteiger partial charge < -0.3 is 15.3 Å². The monoisotopic (exact) mass is 549 g/mol. The normalized spacial score (nSPS) is 21.5. The number of nitrogens with zero attached hydrogens (tertiary/aromatic N) is 1. The predicted molar refractivity (Wildman–Crippen MR) is 166 cm³/mol. The van der Waals surface area contributed by atoms with Gasteiger partial charge in [-0.15, -0.1) is 0 Å². The summed E-state index contributed by atoms with van der Waals surface area (Å²) in [6.45, 7) is 12.3. The Labute approximate surface area is 242 Å². The Bertz CT molecular complexity index is 1120. The van der Waals surface area contributed by atoms with Gasteiger partial charge in [-0.3, -0.25) is 10.1 Å². The molecule has 3 unspecified atom stereocenters. The van der Waals surface area contributed by atoms with Crippen LogP contribution in [0.3, 0.4) is 0 Å². The van der Waals surface area contributed by atoms with E-state index in [0.29, 0.717) is 12.5 Å². The van der Waals surface area contributed by atoms with Crippen LogP contribution in [0.25, 0.3) is 0 Å². The van der Waals surface area contributed by atoms with Crippen molar-refractivity contribution in [3.8, 4) is 0 Å². The molecule has 6 heteroatoms. The van der Waals surface area contributed by atoms with E-state index >= 15 is 0 Å². The summed E-state index contributed by atoms with van der Waals surface area (Å²) in [5, 5.41) is 2.49. The van der Waals surface area contributed by atoms with Gasteiger partial charge in [0.2, 0.25) is 5.91 Å². The smallest absolute Gasteiger partial charge is 0.229 e. The van der Waals surface area contributed by atoms with Crippen LogP contribution in [0.1, 0.15) is 113 Å². The van der Waals surface area contributed by atoms with Gasteiger partial charge in [0.05, 0.1) is 18.1 Å². The molecule has 2 aliphatic carbocycles. The second kappa shape index (κ2) is 16.3. The first-order chi connectivity index (χ1) is 19.2. The maximum absolute atomic E-state index is 11.1. The second-order valence-corrected chi connectivity index (χ2v) is 11.1. The minimum atomic E-state index is -0.244. The number of hydrogen-bond donors (Lipinski definition) is 2. The standard InChI is InChI=1S/C13H18.C11H14O.C8H15N3O.C2H4O/c1-3-6-12-10(2)9-11-7-4-5-8-13(11)12;1-8-3-5-10-9(7-8)4-6-11(10)12-2;1-3-8(4-2)5-6(12)10-7(9)11-8;1-2-3/h4-5,7-8,10,12H,3,6,9H2,1-2H3;3,5,7,11H,4,6H2,1-2H3;3-5H2,1-2H3,(H3,9,10,11,12);2H,1H3. The average molecular weight is 550 g/mol. The molecule has 2 aromatic rings. The summed E-state index contributed by atoms with van der Waals surface area (Å²) in [5.41, 5.74) is 12.7. The molecule has 1 amide bonds. The third kappa shape index (κ3) is 9.02. The van der Waals surface area contributed by atoms with Gasteiger partial charge in [0.25, 0.3) is 0 Å². The highest BCUT2D eigenvalue weighted by Gasteiger charge is 2.32. The summed E-state index contributed by atoms with van der Waals surface area (Å²) in [6.07, 6.45) is 9.56. The first kappa shape index (κ1) is 33.2. The zero-order valence-electron chi connectivity index (χ0n) is 25.8. The molecule has 3 aliphatic rings. The highest BCUT2D eigenvalue weighted by Crippen LogP contribution is 2.40. The van der Waals surface area contributed by atoms with Gasteiger partial charge in [-0.2, -0.15) is 0 Å². The number of rotatable bonds is 5. The fraction of sp³-hybridized carbons (Fsp3) is 0.559. The van der Waals surface area contributed by atoms with Crippen molar-refractivity contribution in [2.24, 2.45) is 16.6 Å². The lowest BCUT2D eigenvalue weighted by atomic mass is 9.88. The predicted octanol–water partition coefficient (Wildman–Crippen LogP) is 6.98. The Morgan fingerprint density at radius 2 is 1.77 bits per heavy atom. The molecule has 3 atom stereocenters. The zero-order valence-corrected chi connectivity index (χ0v) is 25.8. The van der Waals surface area contributed by atoms with Crippen molar-refractivity contribution in [1.29, 1.82) is 0 Å². The van der Waals surface area contributed by atoms with Crippen LogP contribution in [-0.4, -0.2) is 30.8 Å². The van der Waals surface area contributed by atoms with Crippen molar-refractivity contribution in [1.82, 2.24) is 5.32 Å². The largest absolute Gasteiger partial charge is 0.377 e. The Morgan fingerprint density at radius 3 is 2.38 bits per heavy atom. The van der Waals surface area contributed by atoms with Crippen LogP contribution in [0.2, 0.25) is 0 Å². The Kier molecular flexibility index (Phi) is 13.6. The van der Waals surface area contributed by atoms with E-state index in [0.717, 1.165) is 37.4 Å². The number of hydrogen-bond acceptors (Lipinski definition) is 5. The van der Waals surface area contributed by atoms with Gasteiger partial charge >= 0.3 is 0 Å². The first-order valence-electron chi connectivity index (χ1n) is 14.9. The lowest BCUT2D eigenvalue weighted by molar-refractivity contribution is -0.121. The molecule has 6 nitrogen and oxygen atoms in total. The lowest BCUT2D eigenvalue weighted by Crippen LogP contribution is -2.48. The van der Waals surface area contributed by atoms with Crippen molar-refractivity contribution < 1.29 is 14.3 Å². The van der Waals surface area contributed by atoms with E-state index in [2.05, 4.69) is 73.5 Å². The topological polar surface area (TPSA) is 93.8 Å². The highest BCUT2D eigenvalue weighted by molar-refractivity contribution is 5.98. The number of nitrogens with two attached hydrogens (primary N) is 1. The van der Waals surface area contributed by atoms with Crippen LogP contribution in [0.4, 0.5) is 0 Å². The highest BCUT2D eigenvalue weighted by atomic mass is 16.5. The molecule has 0 saturated heterocycles.